The van der Waals surface area contributed by atoms with Gasteiger partial charge in [-0.05, 0) is 54.8 Å². The molecule has 1 aliphatic heterocycles. The number of ether oxygens (including phenoxy) is 1. The second-order valence-corrected chi connectivity index (χ2v) is 7.64. The lowest BCUT2D eigenvalue weighted by molar-refractivity contribution is -0.138. The molecule has 1 atom stereocenters. The Kier molecular flexibility index (Phi) is 7.11. The van der Waals surface area contributed by atoms with E-state index in [0.717, 1.165) is 10.5 Å². The Bertz CT molecular complexity index is 929. The van der Waals surface area contributed by atoms with Crippen LogP contribution in [0.15, 0.2) is 48.5 Å². The summed E-state index contributed by atoms with van der Waals surface area (Å²) in [6.45, 7) is 2.26. The highest BCUT2D eigenvalue weighted by molar-refractivity contribution is 6.30. The molecule has 1 heterocycles. The van der Waals surface area contributed by atoms with Crippen LogP contribution in [0.2, 0.25) is 5.02 Å². The van der Waals surface area contributed by atoms with Gasteiger partial charge < -0.3 is 9.64 Å². The zero-order valence-electron chi connectivity index (χ0n) is 17.1. The first-order valence-corrected chi connectivity index (χ1v) is 10.4. The maximum atomic E-state index is 13.1. The van der Waals surface area contributed by atoms with Gasteiger partial charge >= 0.3 is 0 Å². The van der Waals surface area contributed by atoms with Gasteiger partial charge in [-0.25, -0.2) is 4.90 Å². The summed E-state index contributed by atoms with van der Waals surface area (Å²) in [5.74, 6) is -0.175. The molecule has 7 heteroatoms. The molecular formula is C23H25ClN2O4. The maximum absolute atomic E-state index is 13.1. The minimum Gasteiger partial charge on any atom is -0.497 e. The van der Waals surface area contributed by atoms with Crippen molar-refractivity contribution in [2.45, 2.75) is 38.6 Å². The van der Waals surface area contributed by atoms with E-state index in [1.807, 2.05) is 25.1 Å². The Labute approximate surface area is 181 Å². The van der Waals surface area contributed by atoms with Gasteiger partial charge in [-0.15, -0.1) is 0 Å². The number of hydrogen-bond acceptors (Lipinski definition) is 4. The van der Waals surface area contributed by atoms with E-state index in [-0.39, 0.29) is 24.1 Å². The van der Waals surface area contributed by atoms with Gasteiger partial charge in [0, 0.05) is 18.0 Å². The highest BCUT2D eigenvalue weighted by Gasteiger charge is 2.44. The Balaban J connectivity index is 1.80. The van der Waals surface area contributed by atoms with Crippen molar-refractivity contribution >= 4 is 35.0 Å². The molecule has 0 bridgehead atoms. The van der Waals surface area contributed by atoms with Crippen LogP contribution in [0, 0.1) is 0 Å². The topological polar surface area (TPSA) is 66.9 Å². The lowest BCUT2D eigenvalue weighted by Gasteiger charge is -2.28. The van der Waals surface area contributed by atoms with Crippen LogP contribution in [-0.4, -0.2) is 42.3 Å². The molecule has 0 saturated carbocycles. The average molecular weight is 429 g/mol. The van der Waals surface area contributed by atoms with Crippen LogP contribution < -0.4 is 9.64 Å². The molecule has 2 aromatic rings. The first kappa shape index (κ1) is 21.8. The number of rotatable bonds is 8. The number of carbonyl (C=O) groups excluding carboxylic acids is 3. The predicted octanol–water partition coefficient (Wildman–Crippen LogP) is 3.85. The fourth-order valence-electron chi connectivity index (χ4n) is 3.62. The van der Waals surface area contributed by atoms with Gasteiger partial charge in [-0.3, -0.25) is 14.4 Å². The van der Waals surface area contributed by atoms with Crippen LogP contribution in [0.25, 0.3) is 0 Å². The van der Waals surface area contributed by atoms with Crippen molar-refractivity contribution in [1.29, 1.82) is 0 Å². The van der Waals surface area contributed by atoms with Crippen molar-refractivity contribution in [2.24, 2.45) is 0 Å². The van der Waals surface area contributed by atoms with Gasteiger partial charge in [0.25, 0.3) is 5.91 Å². The Hall–Kier alpha value is -2.86. The van der Waals surface area contributed by atoms with E-state index in [1.54, 1.807) is 42.3 Å². The summed E-state index contributed by atoms with van der Waals surface area (Å²) in [7, 11) is 1.55. The third-order valence-electron chi connectivity index (χ3n) is 5.14. The zero-order chi connectivity index (χ0) is 21.7. The van der Waals surface area contributed by atoms with Crippen LogP contribution in [0.3, 0.4) is 0 Å². The average Bonchev–Trinajstić information content (AvgIpc) is 3.02. The fraction of sp³-hybridized carbons (Fsp3) is 0.348. The molecule has 0 spiro atoms. The van der Waals surface area contributed by atoms with Crippen LogP contribution in [0.5, 0.6) is 5.75 Å². The number of anilines is 1. The van der Waals surface area contributed by atoms with E-state index in [4.69, 9.17) is 16.3 Å². The molecule has 2 aromatic carbocycles. The summed E-state index contributed by atoms with van der Waals surface area (Å²) in [4.78, 5) is 41.3. The monoisotopic (exact) mass is 428 g/mol. The SMILES string of the molecule is CCCC(=O)N(CCc1cccc(Cl)c1)C1CC(=O)N(c2ccc(OC)cc2)C1=O. The Morgan fingerprint density at radius 3 is 2.57 bits per heavy atom. The molecule has 158 valence electrons. The van der Waals surface area contributed by atoms with Gasteiger partial charge in [0.1, 0.15) is 11.8 Å². The van der Waals surface area contributed by atoms with E-state index >= 15 is 0 Å². The second kappa shape index (κ2) is 9.76. The fourth-order valence-corrected chi connectivity index (χ4v) is 3.83. The van der Waals surface area contributed by atoms with Crippen molar-refractivity contribution in [3.05, 3.63) is 59.1 Å². The van der Waals surface area contributed by atoms with Crippen LogP contribution in [0.1, 0.15) is 31.7 Å². The maximum Gasteiger partial charge on any atom is 0.257 e. The molecule has 3 rings (SSSR count). The number of imide groups is 1. The summed E-state index contributed by atoms with van der Waals surface area (Å²) in [5, 5.41) is 0.622. The predicted molar refractivity (Wildman–Crippen MR) is 116 cm³/mol. The molecular weight excluding hydrogens is 404 g/mol. The van der Waals surface area contributed by atoms with E-state index in [1.165, 1.54) is 0 Å². The molecule has 0 aromatic heterocycles. The third-order valence-corrected chi connectivity index (χ3v) is 5.38. The van der Waals surface area contributed by atoms with Crippen molar-refractivity contribution in [3.63, 3.8) is 0 Å². The smallest absolute Gasteiger partial charge is 0.257 e. The number of nitrogens with zero attached hydrogens (tertiary/aromatic N) is 2. The van der Waals surface area contributed by atoms with Crippen LogP contribution in [-0.2, 0) is 20.8 Å². The third kappa shape index (κ3) is 4.82. The Morgan fingerprint density at radius 1 is 1.20 bits per heavy atom. The first-order valence-electron chi connectivity index (χ1n) is 9.99. The van der Waals surface area contributed by atoms with Gasteiger partial charge in [0.15, 0.2) is 0 Å². The quantitative estimate of drug-likeness (QED) is 0.599. The summed E-state index contributed by atoms with van der Waals surface area (Å²) < 4.78 is 5.13. The molecule has 6 nitrogen and oxygen atoms in total. The molecule has 1 fully saturated rings. The van der Waals surface area contributed by atoms with Crippen molar-refractivity contribution in [3.8, 4) is 5.75 Å². The van der Waals surface area contributed by atoms with Crippen molar-refractivity contribution in [1.82, 2.24) is 4.90 Å². The van der Waals surface area contributed by atoms with E-state index in [0.29, 0.717) is 42.3 Å². The van der Waals surface area contributed by atoms with Gasteiger partial charge in [-0.1, -0.05) is 30.7 Å². The first-order chi connectivity index (χ1) is 14.4. The normalized spacial score (nSPS) is 16.1. The van der Waals surface area contributed by atoms with Gasteiger partial charge in [0.2, 0.25) is 11.8 Å². The summed E-state index contributed by atoms with van der Waals surface area (Å²) in [5.41, 5.74) is 1.45. The van der Waals surface area contributed by atoms with E-state index < -0.39 is 6.04 Å². The second-order valence-electron chi connectivity index (χ2n) is 7.20. The Morgan fingerprint density at radius 2 is 1.93 bits per heavy atom. The minimum atomic E-state index is -0.794. The molecule has 3 amide bonds. The standard InChI is InChI=1S/C23H25ClN2O4/c1-3-5-21(27)25(13-12-16-6-4-7-17(24)14-16)20-15-22(28)26(23(20)29)18-8-10-19(30-2)11-9-18/h4,6-11,14,20H,3,5,12-13,15H2,1-2H3. The van der Waals surface area contributed by atoms with Crippen molar-refractivity contribution < 1.29 is 19.1 Å². The molecule has 1 aliphatic rings. The number of halogens is 1. The summed E-state index contributed by atoms with van der Waals surface area (Å²) in [6, 6.07) is 13.3. The minimum absolute atomic E-state index is 0.0180. The van der Waals surface area contributed by atoms with Gasteiger partial charge in [-0.2, -0.15) is 0 Å². The summed E-state index contributed by atoms with van der Waals surface area (Å²) in [6.07, 6.45) is 1.53. The number of carbonyl (C=O) groups is 3. The van der Waals surface area contributed by atoms with E-state index in [2.05, 4.69) is 0 Å². The lowest BCUT2D eigenvalue weighted by atomic mass is 10.1. The van der Waals surface area contributed by atoms with Crippen LogP contribution in [0.4, 0.5) is 5.69 Å². The van der Waals surface area contributed by atoms with Crippen molar-refractivity contribution in [2.75, 3.05) is 18.6 Å². The molecule has 0 radical (unpaired) electrons. The molecule has 0 aliphatic carbocycles. The lowest BCUT2D eigenvalue weighted by Crippen LogP contribution is -2.46. The molecule has 1 saturated heterocycles. The molecule has 30 heavy (non-hydrogen) atoms. The molecule has 0 N–H and O–H groups in total. The van der Waals surface area contributed by atoms with Gasteiger partial charge in [0.05, 0.1) is 19.2 Å². The number of benzene rings is 2. The molecule has 1 unspecified atom stereocenters. The highest BCUT2D eigenvalue weighted by Crippen LogP contribution is 2.28. The number of methoxy groups -OCH3 is 1. The summed E-state index contributed by atoms with van der Waals surface area (Å²) >= 11 is 6.06. The largest absolute Gasteiger partial charge is 0.497 e. The number of amides is 3. The number of hydrogen-bond donors (Lipinski definition) is 0. The highest BCUT2D eigenvalue weighted by atomic mass is 35.5. The van der Waals surface area contributed by atoms with Crippen LogP contribution >= 0.6 is 11.6 Å². The zero-order valence-corrected chi connectivity index (χ0v) is 17.9. The van der Waals surface area contributed by atoms with E-state index in [9.17, 15) is 14.4 Å².